The van der Waals surface area contributed by atoms with E-state index in [1.165, 1.54) is 9.13 Å². The number of nitrogens with zero attached hydrogens (tertiary/aromatic N) is 6. The Kier molecular flexibility index (Phi) is 5.70. The van der Waals surface area contributed by atoms with Crippen LogP contribution in [-0.4, -0.2) is 38.6 Å². The molecule has 1 aliphatic heterocycles. The van der Waals surface area contributed by atoms with Crippen LogP contribution in [-0.2, 0) is 20.1 Å². The average molecular weight is 479 g/mol. The van der Waals surface area contributed by atoms with Crippen LogP contribution in [0.25, 0.3) is 11.2 Å². The first kappa shape index (κ1) is 22.0. The molecule has 0 radical (unpaired) electrons. The van der Waals surface area contributed by atoms with Crippen molar-refractivity contribution in [3.8, 4) is 5.75 Å². The quantitative estimate of drug-likeness (QED) is 0.412. The van der Waals surface area contributed by atoms with Gasteiger partial charge in [0.2, 0.25) is 5.95 Å². The summed E-state index contributed by atoms with van der Waals surface area (Å²) in [6.07, 6.45) is 2.52. The average Bonchev–Trinajstić information content (AvgIpc) is 3.26. The second-order valence-corrected chi connectivity index (χ2v) is 8.46. The molecular weight excluding hydrogens is 456 g/mol. The Labute approximate surface area is 200 Å². The lowest BCUT2D eigenvalue weighted by Crippen LogP contribution is -2.40. The van der Waals surface area contributed by atoms with Crippen molar-refractivity contribution in [3.05, 3.63) is 85.5 Å². The van der Waals surface area contributed by atoms with Gasteiger partial charge in [-0.15, -0.1) is 0 Å². The fourth-order valence-electron chi connectivity index (χ4n) is 4.12. The summed E-state index contributed by atoms with van der Waals surface area (Å²) in [4.78, 5) is 31.2. The lowest BCUT2D eigenvalue weighted by atomic mass is 10.2. The fourth-order valence-corrected chi connectivity index (χ4v) is 4.32. The SMILES string of the molecule is COc1ccc(/C=N/N2CCCn3c2nc2c3c(=O)n(Cc3ccccc3Cl)c(=O)n2C)cc1. The molecule has 0 N–H and O–H groups in total. The maximum atomic E-state index is 13.5. The molecule has 0 saturated heterocycles. The summed E-state index contributed by atoms with van der Waals surface area (Å²) >= 11 is 6.28. The Balaban J connectivity index is 1.58. The van der Waals surface area contributed by atoms with Crippen molar-refractivity contribution in [2.45, 2.75) is 19.5 Å². The van der Waals surface area contributed by atoms with Crippen LogP contribution in [0.4, 0.5) is 5.95 Å². The molecule has 0 amide bonds. The molecular formula is C24H23ClN6O3. The van der Waals surface area contributed by atoms with Crippen molar-refractivity contribution in [2.75, 3.05) is 18.7 Å². The Bertz CT molecular complexity index is 1520. The number of ether oxygens (including phenoxy) is 1. The van der Waals surface area contributed by atoms with Crippen molar-refractivity contribution in [2.24, 2.45) is 12.1 Å². The molecule has 3 heterocycles. The van der Waals surface area contributed by atoms with Crippen LogP contribution in [0, 0.1) is 0 Å². The number of aromatic nitrogens is 4. The van der Waals surface area contributed by atoms with Gasteiger partial charge >= 0.3 is 5.69 Å². The van der Waals surface area contributed by atoms with E-state index in [1.807, 2.05) is 41.0 Å². The van der Waals surface area contributed by atoms with Gasteiger partial charge in [0.25, 0.3) is 5.56 Å². The molecule has 0 atom stereocenters. The van der Waals surface area contributed by atoms with Gasteiger partial charge in [-0.25, -0.2) is 9.80 Å². The Hall–Kier alpha value is -3.85. The minimum absolute atomic E-state index is 0.0843. The number of hydrogen-bond acceptors (Lipinski definition) is 6. The number of halogens is 1. The third-order valence-corrected chi connectivity index (χ3v) is 6.31. The van der Waals surface area contributed by atoms with Crippen LogP contribution in [0.3, 0.4) is 0 Å². The lowest BCUT2D eigenvalue weighted by molar-refractivity contribution is 0.415. The van der Waals surface area contributed by atoms with E-state index in [2.05, 4.69) is 10.1 Å². The largest absolute Gasteiger partial charge is 0.497 e. The monoisotopic (exact) mass is 478 g/mol. The molecule has 0 spiro atoms. The van der Waals surface area contributed by atoms with E-state index in [4.69, 9.17) is 16.3 Å². The van der Waals surface area contributed by atoms with E-state index in [9.17, 15) is 9.59 Å². The zero-order valence-electron chi connectivity index (χ0n) is 18.8. The fraction of sp³-hybridized carbons (Fsp3) is 0.250. The summed E-state index contributed by atoms with van der Waals surface area (Å²) in [7, 11) is 3.24. The van der Waals surface area contributed by atoms with E-state index in [1.54, 1.807) is 37.5 Å². The maximum Gasteiger partial charge on any atom is 0.332 e. The summed E-state index contributed by atoms with van der Waals surface area (Å²) in [5.74, 6) is 1.31. The molecule has 4 aromatic rings. The summed E-state index contributed by atoms with van der Waals surface area (Å²) in [6.45, 7) is 1.35. The van der Waals surface area contributed by atoms with Crippen LogP contribution in [0.1, 0.15) is 17.5 Å². The van der Waals surface area contributed by atoms with E-state index in [-0.39, 0.29) is 6.54 Å². The minimum Gasteiger partial charge on any atom is -0.497 e. The number of benzene rings is 2. The first-order valence-electron chi connectivity index (χ1n) is 10.9. The van der Waals surface area contributed by atoms with Gasteiger partial charge in [0.05, 0.1) is 19.9 Å². The summed E-state index contributed by atoms with van der Waals surface area (Å²) in [6, 6.07) is 14.7. The molecule has 0 fully saturated rings. The Morgan fingerprint density at radius 1 is 1.12 bits per heavy atom. The van der Waals surface area contributed by atoms with Crippen molar-refractivity contribution in [1.29, 1.82) is 0 Å². The first-order chi connectivity index (χ1) is 16.5. The predicted octanol–water partition coefficient (Wildman–Crippen LogP) is 2.85. The molecule has 0 bridgehead atoms. The topological polar surface area (TPSA) is 86.7 Å². The molecule has 9 nitrogen and oxygen atoms in total. The van der Waals surface area contributed by atoms with Crippen LogP contribution < -0.4 is 21.0 Å². The molecule has 10 heteroatoms. The van der Waals surface area contributed by atoms with Gasteiger partial charge in [0.1, 0.15) is 5.75 Å². The first-order valence-corrected chi connectivity index (χ1v) is 11.2. The summed E-state index contributed by atoms with van der Waals surface area (Å²) in [5, 5.41) is 6.87. The number of aryl methyl sites for hydroxylation is 2. The highest BCUT2D eigenvalue weighted by Crippen LogP contribution is 2.25. The molecule has 1 aliphatic rings. The lowest BCUT2D eigenvalue weighted by Gasteiger charge is -2.24. The molecule has 174 valence electrons. The number of methoxy groups -OCH3 is 1. The van der Waals surface area contributed by atoms with Crippen LogP contribution >= 0.6 is 11.6 Å². The zero-order valence-corrected chi connectivity index (χ0v) is 19.6. The standard InChI is InChI=1S/C24H23ClN6O3/c1-28-21-20(22(32)30(24(28)33)15-17-6-3-4-7-19(17)25)29-12-5-13-31(23(29)27-21)26-14-16-8-10-18(34-2)11-9-16/h3-4,6-11,14H,5,12-13,15H2,1-2H3/b26-14+. The van der Waals surface area contributed by atoms with Crippen molar-refractivity contribution < 1.29 is 4.74 Å². The van der Waals surface area contributed by atoms with Gasteiger partial charge in [0, 0.05) is 25.2 Å². The van der Waals surface area contributed by atoms with Gasteiger partial charge < -0.3 is 9.30 Å². The van der Waals surface area contributed by atoms with Crippen molar-refractivity contribution in [1.82, 2.24) is 18.7 Å². The number of rotatable bonds is 5. The van der Waals surface area contributed by atoms with Crippen molar-refractivity contribution >= 4 is 34.9 Å². The van der Waals surface area contributed by atoms with Crippen molar-refractivity contribution in [3.63, 3.8) is 0 Å². The summed E-state index contributed by atoms with van der Waals surface area (Å²) < 4.78 is 9.65. The molecule has 5 rings (SSSR count). The third kappa shape index (κ3) is 3.77. The maximum absolute atomic E-state index is 13.5. The molecule has 0 unspecified atom stereocenters. The molecule has 0 aliphatic carbocycles. The Morgan fingerprint density at radius 2 is 1.88 bits per heavy atom. The third-order valence-electron chi connectivity index (χ3n) is 5.94. The van der Waals surface area contributed by atoms with Crippen LogP contribution in [0.15, 0.2) is 63.2 Å². The van der Waals surface area contributed by atoms with Crippen LogP contribution in [0.2, 0.25) is 5.02 Å². The normalized spacial score (nSPS) is 13.6. The second kappa shape index (κ2) is 8.83. The molecule has 2 aromatic heterocycles. The second-order valence-electron chi connectivity index (χ2n) is 8.05. The molecule has 0 saturated carbocycles. The van der Waals surface area contributed by atoms with E-state index in [0.29, 0.717) is 40.8 Å². The van der Waals surface area contributed by atoms with Gasteiger partial charge in [0.15, 0.2) is 11.2 Å². The highest BCUT2D eigenvalue weighted by atomic mass is 35.5. The number of imidazole rings is 1. The van der Waals surface area contributed by atoms with Gasteiger partial charge in [-0.05, 0) is 47.9 Å². The molecule has 2 aromatic carbocycles. The number of hydrogen-bond donors (Lipinski definition) is 0. The van der Waals surface area contributed by atoms with Gasteiger partial charge in [-0.1, -0.05) is 29.8 Å². The minimum atomic E-state index is -0.443. The van der Waals surface area contributed by atoms with Crippen LogP contribution in [0.5, 0.6) is 5.75 Å². The predicted molar refractivity (Wildman–Crippen MR) is 132 cm³/mol. The number of anilines is 1. The zero-order chi connectivity index (χ0) is 23.8. The number of fused-ring (bicyclic) bond motifs is 3. The highest BCUT2D eigenvalue weighted by molar-refractivity contribution is 6.31. The Morgan fingerprint density at radius 3 is 2.62 bits per heavy atom. The highest BCUT2D eigenvalue weighted by Gasteiger charge is 2.26. The number of hydrazone groups is 1. The van der Waals surface area contributed by atoms with E-state index < -0.39 is 11.2 Å². The van der Waals surface area contributed by atoms with E-state index >= 15 is 0 Å². The smallest absolute Gasteiger partial charge is 0.332 e. The van der Waals surface area contributed by atoms with Gasteiger partial charge in [-0.3, -0.25) is 13.9 Å². The van der Waals surface area contributed by atoms with Gasteiger partial charge in [-0.2, -0.15) is 10.1 Å². The molecule has 34 heavy (non-hydrogen) atoms. The van der Waals surface area contributed by atoms with E-state index in [0.717, 1.165) is 17.7 Å². The summed E-state index contributed by atoms with van der Waals surface area (Å²) in [5.41, 5.74) is 1.50.